The van der Waals surface area contributed by atoms with E-state index >= 15 is 0 Å². The van der Waals surface area contributed by atoms with Crippen LogP contribution in [-0.2, 0) is 9.53 Å². The molecule has 0 aromatic rings. The van der Waals surface area contributed by atoms with Crippen molar-refractivity contribution >= 4 is 22.2 Å². The SMILES string of the molecule is C[C@@]1(CC=O)C=C[C@@H]2C[C@H]1O[C@@]2(C)CBr. The minimum Gasteiger partial charge on any atom is -0.370 e. The minimum absolute atomic E-state index is 0.0954. The Hall–Kier alpha value is -0.150. The van der Waals surface area contributed by atoms with Crippen LogP contribution in [0.25, 0.3) is 0 Å². The van der Waals surface area contributed by atoms with Gasteiger partial charge in [-0.3, -0.25) is 0 Å². The lowest BCUT2D eigenvalue weighted by atomic mass is 9.73. The first kappa shape index (κ1) is 11.3. The lowest BCUT2D eigenvalue weighted by Crippen LogP contribution is -2.34. The summed E-state index contributed by atoms with van der Waals surface area (Å²) in [5.41, 5.74) is -0.194. The molecule has 84 valence electrons. The van der Waals surface area contributed by atoms with Crippen LogP contribution in [-0.4, -0.2) is 23.3 Å². The van der Waals surface area contributed by atoms with Crippen LogP contribution >= 0.6 is 15.9 Å². The summed E-state index contributed by atoms with van der Waals surface area (Å²) < 4.78 is 6.12. The third-order valence-corrected chi connectivity index (χ3v) is 5.01. The van der Waals surface area contributed by atoms with Crippen molar-refractivity contribution in [1.29, 1.82) is 0 Å². The van der Waals surface area contributed by atoms with E-state index in [0.717, 1.165) is 18.0 Å². The van der Waals surface area contributed by atoms with Gasteiger partial charge in [-0.1, -0.05) is 35.0 Å². The van der Waals surface area contributed by atoms with E-state index in [-0.39, 0.29) is 17.1 Å². The van der Waals surface area contributed by atoms with Gasteiger partial charge in [0.2, 0.25) is 0 Å². The average molecular weight is 273 g/mol. The number of aldehydes is 1. The van der Waals surface area contributed by atoms with Gasteiger partial charge < -0.3 is 9.53 Å². The molecule has 4 atom stereocenters. The first-order valence-corrected chi connectivity index (χ1v) is 6.53. The number of halogens is 1. The number of carbonyl (C=O) groups excluding carboxylic acids is 1. The van der Waals surface area contributed by atoms with Crippen LogP contribution < -0.4 is 0 Å². The van der Waals surface area contributed by atoms with Crippen molar-refractivity contribution in [2.24, 2.45) is 11.3 Å². The Balaban J connectivity index is 2.24. The largest absolute Gasteiger partial charge is 0.370 e. The lowest BCUT2D eigenvalue weighted by molar-refractivity contribution is -0.112. The quantitative estimate of drug-likeness (QED) is 0.449. The molecule has 15 heavy (non-hydrogen) atoms. The number of rotatable bonds is 3. The number of hydrogen-bond donors (Lipinski definition) is 0. The maximum atomic E-state index is 10.7. The van der Waals surface area contributed by atoms with E-state index in [1.807, 2.05) is 0 Å². The number of ether oxygens (including phenoxy) is 1. The highest BCUT2D eigenvalue weighted by molar-refractivity contribution is 9.09. The minimum atomic E-state index is -0.0990. The Morgan fingerprint density at radius 2 is 2.33 bits per heavy atom. The summed E-state index contributed by atoms with van der Waals surface area (Å²) >= 11 is 3.52. The molecule has 0 aromatic carbocycles. The fourth-order valence-electron chi connectivity index (χ4n) is 2.58. The summed E-state index contributed by atoms with van der Waals surface area (Å²) in [6.45, 7) is 4.25. The monoisotopic (exact) mass is 272 g/mol. The third kappa shape index (κ3) is 1.70. The van der Waals surface area contributed by atoms with Crippen LogP contribution in [0.2, 0.25) is 0 Å². The molecular formula is C12H17BrO2. The molecule has 0 spiro atoms. The van der Waals surface area contributed by atoms with Crippen molar-refractivity contribution in [2.75, 3.05) is 5.33 Å². The molecule has 2 rings (SSSR count). The molecule has 1 aliphatic heterocycles. The van der Waals surface area contributed by atoms with Crippen LogP contribution in [0.4, 0.5) is 0 Å². The standard InChI is InChI=1S/C12H17BrO2/c1-11(5-6-14)4-3-9-7-10(11)15-12(9,2)8-13/h3-4,6,9-10H,5,7-8H2,1-2H3/t9-,10-,11+,12+/m1/s1. The van der Waals surface area contributed by atoms with Crippen molar-refractivity contribution in [3.63, 3.8) is 0 Å². The highest BCUT2D eigenvalue weighted by atomic mass is 79.9. The van der Waals surface area contributed by atoms with Crippen LogP contribution in [0.3, 0.4) is 0 Å². The molecule has 2 bridgehead atoms. The van der Waals surface area contributed by atoms with Crippen LogP contribution in [0, 0.1) is 11.3 Å². The van der Waals surface area contributed by atoms with E-state index < -0.39 is 0 Å². The van der Waals surface area contributed by atoms with E-state index in [1.165, 1.54) is 0 Å². The normalized spacial score (nSPS) is 48.2. The Morgan fingerprint density at radius 3 is 2.93 bits per heavy atom. The van der Waals surface area contributed by atoms with Gasteiger partial charge in [0.1, 0.15) is 6.29 Å². The number of fused-ring (bicyclic) bond motifs is 2. The molecule has 3 heteroatoms. The Bertz CT molecular complexity index is 302. The van der Waals surface area contributed by atoms with E-state index in [9.17, 15) is 4.79 Å². The molecule has 1 heterocycles. The van der Waals surface area contributed by atoms with E-state index in [0.29, 0.717) is 12.3 Å². The first-order chi connectivity index (χ1) is 7.04. The molecule has 0 unspecified atom stereocenters. The van der Waals surface area contributed by atoms with Crippen molar-refractivity contribution in [1.82, 2.24) is 0 Å². The van der Waals surface area contributed by atoms with Gasteiger partial charge in [-0.05, 0) is 13.3 Å². The van der Waals surface area contributed by atoms with Gasteiger partial charge >= 0.3 is 0 Å². The van der Waals surface area contributed by atoms with Gasteiger partial charge in [-0.2, -0.15) is 0 Å². The topological polar surface area (TPSA) is 26.3 Å². The summed E-state index contributed by atoms with van der Waals surface area (Å²) in [4.78, 5) is 10.7. The van der Waals surface area contributed by atoms with Crippen molar-refractivity contribution in [2.45, 2.75) is 38.4 Å². The zero-order valence-electron chi connectivity index (χ0n) is 9.20. The molecular weight excluding hydrogens is 256 g/mol. The van der Waals surface area contributed by atoms with Crippen LogP contribution in [0.15, 0.2) is 12.2 Å². The molecule has 1 fully saturated rings. The molecule has 0 radical (unpaired) electrons. The second-order valence-electron chi connectivity index (χ2n) is 5.13. The van der Waals surface area contributed by atoms with Crippen LogP contribution in [0.5, 0.6) is 0 Å². The fraction of sp³-hybridized carbons (Fsp3) is 0.750. The maximum absolute atomic E-state index is 10.7. The van der Waals surface area contributed by atoms with E-state index in [2.05, 4.69) is 41.9 Å². The molecule has 0 saturated carbocycles. The summed E-state index contributed by atoms with van der Waals surface area (Å²) in [5.74, 6) is 0.488. The zero-order valence-corrected chi connectivity index (χ0v) is 10.8. The van der Waals surface area contributed by atoms with Gasteiger partial charge in [0.05, 0.1) is 11.7 Å². The van der Waals surface area contributed by atoms with Gasteiger partial charge in [0.25, 0.3) is 0 Å². The Morgan fingerprint density at radius 1 is 1.60 bits per heavy atom. The molecule has 0 N–H and O–H groups in total. The molecule has 0 aromatic heterocycles. The highest BCUT2D eigenvalue weighted by Gasteiger charge is 2.51. The smallest absolute Gasteiger partial charge is 0.120 e. The Kier molecular flexibility index (Phi) is 2.80. The summed E-state index contributed by atoms with van der Waals surface area (Å²) in [7, 11) is 0. The van der Waals surface area contributed by atoms with Crippen LogP contribution in [0.1, 0.15) is 26.7 Å². The third-order valence-electron chi connectivity index (χ3n) is 3.90. The van der Waals surface area contributed by atoms with Crippen molar-refractivity contribution < 1.29 is 9.53 Å². The predicted molar refractivity (Wildman–Crippen MR) is 63.1 cm³/mol. The molecule has 1 aliphatic carbocycles. The maximum Gasteiger partial charge on any atom is 0.120 e. The zero-order chi connectivity index (χ0) is 11.1. The number of carbonyl (C=O) groups is 1. The summed E-state index contributed by atoms with van der Waals surface area (Å²) in [5, 5.41) is 0.850. The molecule has 2 aliphatic rings. The highest BCUT2D eigenvalue weighted by Crippen LogP contribution is 2.49. The first-order valence-electron chi connectivity index (χ1n) is 5.41. The van der Waals surface area contributed by atoms with Gasteiger partial charge in [-0.25, -0.2) is 0 Å². The predicted octanol–water partition coefficient (Wildman–Crippen LogP) is 2.71. The molecule has 2 nitrogen and oxygen atoms in total. The second kappa shape index (κ2) is 3.70. The summed E-state index contributed by atoms with van der Waals surface area (Å²) in [6.07, 6.45) is 7.20. The van der Waals surface area contributed by atoms with E-state index in [4.69, 9.17) is 4.74 Å². The van der Waals surface area contributed by atoms with Crippen molar-refractivity contribution in [3.8, 4) is 0 Å². The average Bonchev–Trinajstić information content (AvgIpc) is 2.50. The van der Waals surface area contributed by atoms with Crippen molar-refractivity contribution in [3.05, 3.63) is 12.2 Å². The molecule has 0 amide bonds. The molecule has 1 saturated heterocycles. The second-order valence-corrected chi connectivity index (χ2v) is 5.69. The Labute approximate surface area is 99.2 Å². The number of alkyl halides is 1. The van der Waals surface area contributed by atoms with Gasteiger partial charge in [-0.15, -0.1) is 0 Å². The van der Waals surface area contributed by atoms with Gasteiger partial charge in [0.15, 0.2) is 0 Å². The number of hydrogen-bond acceptors (Lipinski definition) is 2. The fourth-order valence-corrected chi connectivity index (χ4v) is 3.13. The summed E-state index contributed by atoms with van der Waals surface area (Å²) in [6, 6.07) is 0. The lowest BCUT2D eigenvalue weighted by Gasteiger charge is -2.32. The van der Waals surface area contributed by atoms with E-state index in [1.54, 1.807) is 0 Å². The van der Waals surface area contributed by atoms with Gasteiger partial charge in [0, 0.05) is 23.1 Å².